The third-order valence-corrected chi connectivity index (χ3v) is 5.56. The molecule has 5 nitrogen and oxygen atoms in total. The molecule has 1 aliphatic heterocycles. The minimum Gasteiger partial charge on any atom is -0.393 e. The number of aliphatic hydroxyl groups is 1. The van der Waals surface area contributed by atoms with Crippen molar-refractivity contribution < 1.29 is 13.5 Å². The van der Waals surface area contributed by atoms with Crippen LogP contribution in [0.3, 0.4) is 0 Å². The number of halogens is 1. The van der Waals surface area contributed by atoms with Crippen molar-refractivity contribution in [3.05, 3.63) is 23.5 Å². The monoisotopic (exact) mass is 290 g/mol. The first-order chi connectivity index (χ1) is 8.43. The van der Waals surface area contributed by atoms with Crippen LogP contribution in [0, 0.1) is 5.92 Å². The van der Waals surface area contributed by atoms with Gasteiger partial charge in [-0.2, -0.15) is 4.31 Å². The van der Waals surface area contributed by atoms with E-state index in [2.05, 4.69) is 4.98 Å². The first-order valence-electron chi connectivity index (χ1n) is 5.70. The maximum atomic E-state index is 12.3. The first-order valence-corrected chi connectivity index (χ1v) is 7.52. The summed E-state index contributed by atoms with van der Waals surface area (Å²) in [5, 5.41) is 9.67. The van der Waals surface area contributed by atoms with Crippen LogP contribution in [-0.2, 0) is 10.0 Å². The van der Waals surface area contributed by atoms with Gasteiger partial charge in [-0.05, 0) is 25.3 Å². The average Bonchev–Trinajstić information content (AvgIpc) is 2.79. The Morgan fingerprint density at radius 1 is 1.61 bits per heavy atom. The SMILES string of the molecule is CC(O)C1CCN(S(=O)(=O)c2cnccc2Cl)C1. The molecule has 1 aliphatic rings. The molecule has 1 fully saturated rings. The summed E-state index contributed by atoms with van der Waals surface area (Å²) in [7, 11) is -3.61. The molecule has 1 aromatic rings. The number of pyridine rings is 1. The Kier molecular flexibility index (Phi) is 3.91. The van der Waals surface area contributed by atoms with Crippen molar-refractivity contribution in [1.82, 2.24) is 9.29 Å². The second-order valence-electron chi connectivity index (χ2n) is 4.46. The van der Waals surface area contributed by atoms with Crippen molar-refractivity contribution in [2.75, 3.05) is 13.1 Å². The van der Waals surface area contributed by atoms with Gasteiger partial charge < -0.3 is 5.11 Å². The van der Waals surface area contributed by atoms with Crippen molar-refractivity contribution in [1.29, 1.82) is 0 Å². The number of hydrogen-bond donors (Lipinski definition) is 1. The molecule has 2 heterocycles. The van der Waals surface area contributed by atoms with Crippen LogP contribution in [0.15, 0.2) is 23.4 Å². The van der Waals surface area contributed by atoms with E-state index in [1.165, 1.54) is 22.8 Å². The molecule has 1 N–H and O–H groups in total. The molecule has 18 heavy (non-hydrogen) atoms. The summed E-state index contributed by atoms with van der Waals surface area (Å²) in [6, 6.07) is 1.46. The second-order valence-corrected chi connectivity index (χ2v) is 6.77. The predicted molar refractivity (Wildman–Crippen MR) is 67.8 cm³/mol. The summed E-state index contributed by atoms with van der Waals surface area (Å²) in [5.74, 6) is -0.0183. The summed E-state index contributed by atoms with van der Waals surface area (Å²) < 4.78 is 26.0. The van der Waals surface area contributed by atoms with Crippen LogP contribution in [-0.4, -0.2) is 42.0 Å². The fourth-order valence-electron chi connectivity index (χ4n) is 2.06. The third-order valence-electron chi connectivity index (χ3n) is 3.22. The van der Waals surface area contributed by atoms with E-state index in [1.54, 1.807) is 6.92 Å². The molecule has 0 bridgehead atoms. The predicted octanol–water partition coefficient (Wildman–Crippen LogP) is 1.13. The molecular formula is C11H15ClN2O3S. The molecular weight excluding hydrogens is 276 g/mol. The maximum Gasteiger partial charge on any atom is 0.246 e. The maximum absolute atomic E-state index is 12.3. The number of rotatable bonds is 3. The van der Waals surface area contributed by atoms with Crippen molar-refractivity contribution >= 4 is 21.6 Å². The quantitative estimate of drug-likeness (QED) is 0.906. The highest BCUT2D eigenvalue weighted by atomic mass is 35.5. The molecule has 1 saturated heterocycles. The fraction of sp³-hybridized carbons (Fsp3) is 0.545. The largest absolute Gasteiger partial charge is 0.393 e. The van der Waals surface area contributed by atoms with Gasteiger partial charge >= 0.3 is 0 Å². The van der Waals surface area contributed by atoms with Gasteiger partial charge in [-0.1, -0.05) is 11.6 Å². The van der Waals surface area contributed by atoms with Crippen molar-refractivity contribution in [2.45, 2.75) is 24.3 Å². The smallest absolute Gasteiger partial charge is 0.246 e. The standard InChI is InChI=1S/C11H15ClN2O3S/c1-8(15)9-3-5-14(7-9)18(16,17)11-6-13-4-2-10(11)12/h2,4,6,8-9,15H,3,5,7H2,1H3. The van der Waals surface area contributed by atoms with Gasteiger partial charge in [0.1, 0.15) is 4.90 Å². The molecule has 2 unspecified atom stereocenters. The Balaban J connectivity index is 2.26. The molecule has 0 spiro atoms. The van der Waals surface area contributed by atoms with Gasteiger partial charge in [-0.25, -0.2) is 8.42 Å². The highest BCUT2D eigenvalue weighted by Crippen LogP contribution is 2.29. The molecule has 0 aromatic carbocycles. The average molecular weight is 291 g/mol. The van der Waals surface area contributed by atoms with Gasteiger partial charge in [-0.15, -0.1) is 0 Å². The number of sulfonamides is 1. The lowest BCUT2D eigenvalue weighted by Crippen LogP contribution is -2.30. The number of aliphatic hydroxyl groups excluding tert-OH is 1. The molecule has 2 rings (SSSR count). The van der Waals surface area contributed by atoms with Crippen molar-refractivity contribution in [2.24, 2.45) is 5.92 Å². The normalized spacial score (nSPS) is 23.2. The molecule has 0 radical (unpaired) electrons. The van der Waals surface area contributed by atoms with E-state index in [-0.39, 0.29) is 15.8 Å². The van der Waals surface area contributed by atoms with Crippen LogP contribution in [0.25, 0.3) is 0 Å². The van der Waals surface area contributed by atoms with Crippen molar-refractivity contribution in [3.63, 3.8) is 0 Å². The Hall–Kier alpha value is -0.690. The van der Waals surface area contributed by atoms with Gasteiger partial charge in [0, 0.05) is 25.5 Å². The lowest BCUT2D eigenvalue weighted by Gasteiger charge is -2.18. The number of nitrogens with zero attached hydrogens (tertiary/aromatic N) is 2. The van der Waals surface area contributed by atoms with E-state index in [4.69, 9.17) is 11.6 Å². The van der Waals surface area contributed by atoms with E-state index in [1.807, 2.05) is 0 Å². The lowest BCUT2D eigenvalue weighted by atomic mass is 10.0. The molecule has 2 atom stereocenters. The van der Waals surface area contributed by atoms with Crippen molar-refractivity contribution in [3.8, 4) is 0 Å². The summed E-state index contributed by atoms with van der Waals surface area (Å²) in [4.78, 5) is 3.82. The summed E-state index contributed by atoms with van der Waals surface area (Å²) >= 11 is 5.89. The van der Waals surface area contributed by atoms with E-state index in [9.17, 15) is 13.5 Å². The van der Waals surface area contributed by atoms with Gasteiger partial charge in [0.25, 0.3) is 0 Å². The van der Waals surface area contributed by atoms with Crippen LogP contribution in [0.5, 0.6) is 0 Å². The molecule has 1 aromatic heterocycles. The molecule has 100 valence electrons. The molecule has 0 aliphatic carbocycles. The van der Waals surface area contributed by atoms with Crippen LogP contribution >= 0.6 is 11.6 Å². The lowest BCUT2D eigenvalue weighted by molar-refractivity contribution is 0.133. The Morgan fingerprint density at radius 3 is 2.89 bits per heavy atom. The van der Waals surface area contributed by atoms with Crippen LogP contribution in [0.4, 0.5) is 0 Å². The second kappa shape index (κ2) is 5.13. The molecule has 0 saturated carbocycles. The van der Waals surface area contributed by atoms with Crippen LogP contribution < -0.4 is 0 Å². The first kappa shape index (κ1) is 13.7. The Labute approximate surface area is 111 Å². The number of aromatic nitrogens is 1. The number of hydrogen-bond acceptors (Lipinski definition) is 4. The van der Waals surface area contributed by atoms with E-state index < -0.39 is 16.1 Å². The Morgan fingerprint density at radius 2 is 2.33 bits per heavy atom. The van der Waals surface area contributed by atoms with E-state index in [0.29, 0.717) is 19.5 Å². The van der Waals surface area contributed by atoms with Crippen LogP contribution in [0.2, 0.25) is 5.02 Å². The summed E-state index contributed by atoms with van der Waals surface area (Å²) in [6.45, 7) is 2.41. The minimum atomic E-state index is -3.61. The highest BCUT2D eigenvalue weighted by molar-refractivity contribution is 7.89. The van der Waals surface area contributed by atoms with Gasteiger partial charge in [-0.3, -0.25) is 4.98 Å². The fourth-order valence-corrected chi connectivity index (χ4v) is 3.98. The zero-order valence-electron chi connectivity index (χ0n) is 9.95. The zero-order valence-corrected chi connectivity index (χ0v) is 11.5. The summed E-state index contributed by atoms with van der Waals surface area (Å²) in [5.41, 5.74) is 0. The van der Waals surface area contributed by atoms with Gasteiger partial charge in [0.2, 0.25) is 10.0 Å². The topological polar surface area (TPSA) is 70.5 Å². The van der Waals surface area contributed by atoms with Gasteiger partial charge in [0.15, 0.2) is 0 Å². The minimum absolute atomic E-state index is 0.0183. The molecule has 7 heteroatoms. The van der Waals surface area contributed by atoms with E-state index in [0.717, 1.165) is 0 Å². The van der Waals surface area contributed by atoms with Crippen LogP contribution in [0.1, 0.15) is 13.3 Å². The third kappa shape index (κ3) is 2.51. The summed E-state index contributed by atoms with van der Waals surface area (Å²) in [6.07, 6.45) is 2.86. The highest BCUT2D eigenvalue weighted by Gasteiger charge is 2.35. The Bertz CT molecular complexity index is 533. The zero-order chi connectivity index (χ0) is 13.3. The van der Waals surface area contributed by atoms with E-state index >= 15 is 0 Å². The van der Waals surface area contributed by atoms with Gasteiger partial charge in [0.05, 0.1) is 11.1 Å². The molecule has 0 amide bonds.